The summed E-state index contributed by atoms with van der Waals surface area (Å²) >= 11 is 0. The van der Waals surface area contributed by atoms with Gasteiger partial charge in [0.1, 0.15) is 11.4 Å². The van der Waals surface area contributed by atoms with Crippen LogP contribution in [0.15, 0.2) is 24.3 Å². The summed E-state index contributed by atoms with van der Waals surface area (Å²) in [5, 5.41) is 3.00. The molecule has 1 aliphatic rings. The van der Waals surface area contributed by atoms with Crippen molar-refractivity contribution in [1.29, 1.82) is 0 Å². The van der Waals surface area contributed by atoms with Gasteiger partial charge < -0.3 is 15.8 Å². The molecule has 2 atom stereocenters. The maximum absolute atomic E-state index is 12.4. The lowest BCUT2D eigenvalue weighted by Crippen LogP contribution is -2.34. The molecule has 1 aromatic carbocycles. The van der Waals surface area contributed by atoms with E-state index in [0.717, 1.165) is 31.4 Å². The first-order valence-electron chi connectivity index (χ1n) is 7.69. The Bertz CT molecular complexity index is 500. The van der Waals surface area contributed by atoms with Crippen LogP contribution in [0.3, 0.4) is 0 Å². The van der Waals surface area contributed by atoms with Crippen LogP contribution in [-0.4, -0.2) is 17.6 Å². The Morgan fingerprint density at radius 1 is 1.27 bits per heavy atom. The summed E-state index contributed by atoms with van der Waals surface area (Å²) < 4.78 is 5.90. The Hall–Kier alpha value is -1.26. The van der Waals surface area contributed by atoms with Crippen LogP contribution < -0.4 is 15.8 Å². The minimum absolute atomic E-state index is 0. The van der Waals surface area contributed by atoms with Gasteiger partial charge in [0.05, 0.1) is 5.69 Å². The number of nitrogens with two attached hydrogens (primary N) is 1. The predicted molar refractivity (Wildman–Crippen MR) is 92.6 cm³/mol. The normalized spacial score (nSPS) is 21.6. The van der Waals surface area contributed by atoms with E-state index < -0.39 is 0 Å². The molecular weight excluding hydrogens is 300 g/mol. The molecule has 0 radical (unpaired) electrons. The number of ether oxygens (including phenoxy) is 1. The first-order valence-corrected chi connectivity index (χ1v) is 7.69. The second kappa shape index (κ2) is 7.84. The monoisotopic (exact) mass is 326 g/mol. The summed E-state index contributed by atoms with van der Waals surface area (Å²) in [6, 6.07) is 7.72. The molecule has 5 heteroatoms. The second-order valence-electron chi connectivity index (χ2n) is 6.82. The number of carbonyl (C=O) groups excluding carboxylic acids is 1. The van der Waals surface area contributed by atoms with Crippen LogP contribution >= 0.6 is 12.4 Å². The fraction of sp³-hybridized carbons (Fsp3) is 0.588. The molecule has 0 bridgehead atoms. The third-order valence-electron chi connectivity index (χ3n) is 3.65. The number of halogens is 1. The lowest BCUT2D eigenvalue weighted by atomic mass is 9.85. The second-order valence-corrected chi connectivity index (χ2v) is 6.82. The van der Waals surface area contributed by atoms with Crippen LogP contribution in [0.25, 0.3) is 0 Å². The molecule has 2 unspecified atom stereocenters. The van der Waals surface area contributed by atoms with E-state index in [2.05, 4.69) is 5.32 Å². The minimum atomic E-state index is -0.298. The van der Waals surface area contributed by atoms with Crippen LogP contribution in [0.1, 0.15) is 46.5 Å². The highest BCUT2D eigenvalue weighted by Crippen LogP contribution is 2.30. The molecule has 1 aliphatic carbocycles. The third kappa shape index (κ3) is 5.50. The predicted octanol–water partition coefficient (Wildman–Crippen LogP) is 3.74. The van der Waals surface area contributed by atoms with Gasteiger partial charge in [-0.3, -0.25) is 4.79 Å². The van der Waals surface area contributed by atoms with E-state index in [0.29, 0.717) is 5.75 Å². The van der Waals surface area contributed by atoms with Crippen LogP contribution in [0.5, 0.6) is 5.75 Å². The molecule has 1 fully saturated rings. The summed E-state index contributed by atoms with van der Waals surface area (Å²) in [5.41, 5.74) is 6.40. The van der Waals surface area contributed by atoms with Crippen LogP contribution in [0.4, 0.5) is 5.69 Å². The highest BCUT2D eigenvalue weighted by Gasteiger charge is 2.26. The van der Waals surface area contributed by atoms with Gasteiger partial charge in [-0.1, -0.05) is 18.6 Å². The number of rotatable bonds is 3. The highest BCUT2D eigenvalue weighted by molar-refractivity contribution is 5.94. The summed E-state index contributed by atoms with van der Waals surface area (Å²) in [6.45, 7) is 5.98. The zero-order valence-corrected chi connectivity index (χ0v) is 14.4. The van der Waals surface area contributed by atoms with Gasteiger partial charge in [0, 0.05) is 12.0 Å². The smallest absolute Gasteiger partial charge is 0.227 e. The van der Waals surface area contributed by atoms with Gasteiger partial charge in [0.2, 0.25) is 5.91 Å². The number of hydrogen-bond acceptors (Lipinski definition) is 3. The molecule has 3 N–H and O–H groups in total. The van der Waals surface area contributed by atoms with Crippen molar-refractivity contribution in [2.75, 3.05) is 5.32 Å². The third-order valence-corrected chi connectivity index (χ3v) is 3.65. The van der Waals surface area contributed by atoms with Crippen LogP contribution in [-0.2, 0) is 4.79 Å². The molecule has 4 nitrogen and oxygen atoms in total. The van der Waals surface area contributed by atoms with Gasteiger partial charge in [-0.2, -0.15) is 0 Å². The van der Waals surface area contributed by atoms with Gasteiger partial charge in [0.25, 0.3) is 0 Å². The molecule has 0 spiro atoms. The van der Waals surface area contributed by atoms with Crippen molar-refractivity contribution in [1.82, 2.24) is 0 Å². The highest BCUT2D eigenvalue weighted by atomic mass is 35.5. The SMILES string of the molecule is CC(C)(C)Oc1ccccc1NC(=O)C1CCCC(N)C1.Cl. The lowest BCUT2D eigenvalue weighted by Gasteiger charge is -2.27. The summed E-state index contributed by atoms with van der Waals surface area (Å²) in [5.74, 6) is 0.769. The fourth-order valence-electron chi connectivity index (χ4n) is 2.69. The zero-order valence-electron chi connectivity index (χ0n) is 13.6. The van der Waals surface area contributed by atoms with Crippen molar-refractivity contribution < 1.29 is 9.53 Å². The Morgan fingerprint density at radius 2 is 1.95 bits per heavy atom. The Kier molecular flexibility index (Phi) is 6.69. The molecule has 1 aromatic rings. The standard InChI is InChI=1S/C17H26N2O2.ClH/c1-17(2,3)21-15-10-5-4-9-14(15)19-16(20)12-7-6-8-13(18)11-12;/h4-5,9-10,12-13H,6-8,11,18H2,1-3H3,(H,19,20);1H. The first kappa shape index (κ1) is 18.8. The van der Waals surface area contributed by atoms with Gasteiger partial charge >= 0.3 is 0 Å². The molecule has 2 rings (SSSR count). The fourth-order valence-corrected chi connectivity index (χ4v) is 2.69. The van der Waals surface area contributed by atoms with Crippen molar-refractivity contribution in [3.8, 4) is 5.75 Å². The molecule has 22 heavy (non-hydrogen) atoms. The molecule has 1 amide bonds. The quantitative estimate of drug-likeness (QED) is 0.889. The van der Waals surface area contributed by atoms with E-state index in [1.54, 1.807) is 0 Å². The largest absolute Gasteiger partial charge is 0.486 e. The van der Waals surface area contributed by atoms with E-state index >= 15 is 0 Å². The Morgan fingerprint density at radius 3 is 2.59 bits per heavy atom. The average molecular weight is 327 g/mol. The lowest BCUT2D eigenvalue weighted by molar-refractivity contribution is -0.120. The van der Waals surface area contributed by atoms with Crippen molar-refractivity contribution in [3.05, 3.63) is 24.3 Å². The summed E-state index contributed by atoms with van der Waals surface area (Å²) in [6.07, 6.45) is 3.74. The molecule has 0 heterocycles. The molecule has 1 saturated carbocycles. The van der Waals surface area contributed by atoms with Gasteiger partial charge in [-0.05, 0) is 52.2 Å². The van der Waals surface area contributed by atoms with E-state index in [1.807, 2.05) is 45.0 Å². The number of anilines is 1. The summed E-state index contributed by atoms with van der Waals surface area (Å²) in [7, 11) is 0. The van der Waals surface area contributed by atoms with Gasteiger partial charge in [-0.15, -0.1) is 12.4 Å². The van der Waals surface area contributed by atoms with E-state index in [1.165, 1.54) is 0 Å². The number of para-hydroxylation sites is 2. The van der Waals surface area contributed by atoms with Crippen LogP contribution in [0, 0.1) is 5.92 Å². The molecule has 0 saturated heterocycles. The van der Waals surface area contributed by atoms with Crippen molar-refractivity contribution >= 4 is 24.0 Å². The zero-order chi connectivity index (χ0) is 15.5. The van der Waals surface area contributed by atoms with Gasteiger partial charge in [-0.25, -0.2) is 0 Å². The molecule has 0 aromatic heterocycles. The maximum atomic E-state index is 12.4. The van der Waals surface area contributed by atoms with Crippen LogP contribution in [0.2, 0.25) is 0 Å². The number of benzene rings is 1. The number of amides is 1. The molecule has 124 valence electrons. The average Bonchev–Trinajstić information content (AvgIpc) is 2.39. The first-order chi connectivity index (χ1) is 9.85. The number of nitrogens with one attached hydrogen (secondary N) is 1. The number of carbonyl (C=O) groups is 1. The van der Waals surface area contributed by atoms with Crippen molar-refractivity contribution in [2.24, 2.45) is 11.7 Å². The maximum Gasteiger partial charge on any atom is 0.227 e. The Balaban J connectivity index is 0.00000242. The Labute approximate surface area is 139 Å². The van der Waals surface area contributed by atoms with Crippen molar-refractivity contribution in [3.63, 3.8) is 0 Å². The molecular formula is C17H27ClN2O2. The van der Waals surface area contributed by atoms with Crippen molar-refractivity contribution in [2.45, 2.75) is 58.1 Å². The summed E-state index contributed by atoms with van der Waals surface area (Å²) in [4.78, 5) is 12.4. The molecule has 0 aliphatic heterocycles. The van der Waals surface area contributed by atoms with Gasteiger partial charge in [0.15, 0.2) is 0 Å². The topological polar surface area (TPSA) is 64.3 Å². The number of hydrogen-bond donors (Lipinski definition) is 2. The van der Waals surface area contributed by atoms with E-state index in [4.69, 9.17) is 10.5 Å². The van der Waals surface area contributed by atoms with E-state index in [-0.39, 0.29) is 35.9 Å². The van der Waals surface area contributed by atoms with E-state index in [9.17, 15) is 4.79 Å². The minimum Gasteiger partial charge on any atom is -0.486 e.